The maximum atomic E-state index is 9.70. The van der Waals surface area contributed by atoms with Gasteiger partial charge in [-0.15, -0.1) is 0 Å². The molecule has 0 amide bonds. The summed E-state index contributed by atoms with van der Waals surface area (Å²) in [5.41, 5.74) is 0.0821. The van der Waals surface area contributed by atoms with Crippen molar-refractivity contribution in [1.82, 2.24) is 10.6 Å². The van der Waals surface area contributed by atoms with E-state index in [2.05, 4.69) is 16.7 Å². The van der Waals surface area contributed by atoms with Gasteiger partial charge in [-0.2, -0.15) is 5.26 Å². The molecule has 104 valence electrons. The van der Waals surface area contributed by atoms with Gasteiger partial charge in [0.25, 0.3) is 0 Å². The molecule has 0 aromatic carbocycles. The Balaban J connectivity index is 1.57. The van der Waals surface area contributed by atoms with Crippen LogP contribution in [-0.4, -0.2) is 24.2 Å². The van der Waals surface area contributed by atoms with Crippen LogP contribution in [0.3, 0.4) is 0 Å². The molecule has 0 atom stereocenters. The first-order valence-corrected chi connectivity index (χ1v) is 8.12. The molecular weight excluding hydrogens is 234 g/mol. The Morgan fingerprint density at radius 1 is 0.947 bits per heavy atom. The minimum Gasteiger partial charge on any atom is -0.317 e. The van der Waals surface area contributed by atoms with Crippen LogP contribution < -0.4 is 10.6 Å². The Morgan fingerprint density at radius 2 is 1.47 bits per heavy atom. The molecule has 0 aromatic rings. The standard InChI is InChI=1S/C16H25N3/c17-11-15(1-3-18-4-2-15)19-16-8-12-5-13(9-16)7-14(6-12)10-16/h12-14,18-19H,1-10H2. The van der Waals surface area contributed by atoms with Gasteiger partial charge in [0.1, 0.15) is 5.54 Å². The third kappa shape index (κ3) is 2.00. The Morgan fingerprint density at radius 3 is 1.95 bits per heavy atom. The van der Waals surface area contributed by atoms with Gasteiger partial charge in [-0.1, -0.05) is 0 Å². The van der Waals surface area contributed by atoms with Gasteiger partial charge in [0.15, 0.2) is 0 Å². The molecular formula is C16H25N3. The average Bonchev–Trinajstić information content (AvgIpc) is 2.37. The molecule has 19 heavy (non-hydrogen) atoms. The lowest BCUT2D eigenvalue weighted by atomic mass is 9.52. The number of rotatable bonds is 2. The summed E-state index contributed by atoms with van der Waals surface area (Å²) in [4.78, 5) is 0. The molecule has 5 aliphatic rings. The summed E-state index contributed by atoms with van der Waals surface area (Å²) < 4.78 is 0. The molecule has 1 aliphatic heterocycles. The Hall–Kier alpha value is -0.590. The van der Waals surface area contributed by atoms with Crippen molar-refractivity contribution in [3.8, 4) is 6.07 Å². The van der Waals surface area contributed by atoms with Crippen LogP contribution in [0.25, 0.3) is 0 Å². The van der Waals surface area contributed by atoms with Crippen LogP contribution in [0.5, 0.6) is 0 Å². The number of nitriles is 1. The second-order valence-electron chi connectivity index (χ2n) is 7.77. The normalized spacial score (nSPS) is 47.0. The molecule has 1 saturated heterocycles. The van der Waals surface area contributed by atoms with E-state index in [1.807, 2.05) is 0 Å². The fourth-order valence-electron chi connectivity index (χ4n) is 5.89. The van der Waals surface area contributed by atoms with Crippen molar-refractivity contribution in [1.29, 1.82) is 5.26 Å². The molecule has 3 nitrogen and oxygen atoms in total. The van der Waals surface area contributed by atoms with E-state index in [9.17, 15) is 5.26 Å². The minimum atomic E-state index is -0.239. The molecule has 4 bridgehead atoms. The summed E-state index contributed by atoms with van der Waals surface area (Å²) in [6.45, 7) is 1.99. The predicted octanol–water partition coefficient (Wildman–Crippen LogP) is 2.19. The lowest BCUT2D eigenvalue weighted by Gasteiger charge is -2.59. The van der Waals surface area contributed by atoms with E-state index in [1.165, 1.54) is 38.5 Å². The molecule has 1 heterocycles. The molecule has 2 N–H and O–H groups in total. The predicted molar refractivity (Wildman–Crippen MR) is 74.5 cm³/mol. The lowest BCUT2D eigenvalue weighted by Crippen LogP contribution is -2.66. The van der Waals surface area contributed by atoms with E-state index in [4.69, 9.17) is 0 Å². The van der Waals surface area contributed by atoms with Gasteiger partial charge in [-0.05, 0) is 82.2 Å². The third-order valence-electron chi connectivity index (χ3n) is 6.21. The van der Waals surface area contributed by atoms with Crippen molar-refractivity contribution in [3.63, 3.8) is 0 Å². The molecule has 4 aliphatic carbocycles. The van der Waals surface area contributed by atoms with Crippen molar-refractivity contribution >= 4 is 0 Å². The van der Waals surface area contributed by atoms with Gasteiger partial charge in [0.2, 0.25) is 0 Å². The van der Waals surface area contributed by atoms with Gasteiger partial charge < -0.3 is 5.32 Å². The summed E-state index contributed by atoms with van der Waals surface area (Å²) in [7, 11) is 0. The van der Waals surface area contributed by atoms with Crippen LogP contribution in [0, 0.1) is 29.1 Å². The molecule has 5 rings (SSSR count). The smallest absolute Gasteiger partial charge is 0.109 e. The zero-order chi connectivity index (χ0) is 12.9. The number of nitrogens with one attached hydrogen (secondary N) is 2. The number of hydrogen-bond acceptors (Lipinski definition) is 3. The Bertz CT molecular complexity index is 367. The van der Waals surface area contributed by atoms with Crippen molar-refractivity contribution in [3.05, 3.63) is 0 Å². The van der Waals surface area contributed by atoms with Crippen molar-refractivity contribution in [2.75, 3.05) is 13.1 Å². The molecule has 0 spiro atoms. The first kappa shape index (κ1) is 12.2. The second kappa shape index (κ2) is 4.20. The molecule has 0 radical (unpaired) electrons. The quantitative estimate of drug-likeness (QED) is 0.799. The second-order valence-corrected chi connectivity index (χ2v) is 7.77. The SMILES string of the molecule is N#CC1(NC23CC4CC(CC(C4)C2)C3)CCNCC1. The molecule has 0 unspecified atom stereocenters. The fraction of sp³-hybridized carbons (Fsp3) is 0.938. The van der Waals surface area contributed by atoms with E-state index in [0.29, 0.717) is 5.54 Å². The van der Waals surface area contributed by atoms with Gasteiger partial charge in [-0.3, -0.25) is 5.32 Å². The van der Waals surface area contributed by atoms with Gasteiger partial charge >= 0.3 is 0 Å². The highest BCUT2D eigenvalue weighted by molar-refractivity contribution is 5.16. The van der Waals surface area contributed by atoms with Crippen LogP contribution in [0.15, 0.2) is 0 Å². The van der Waals surface area contributed by atoms with Gasteiger partial charge in [0.05, 0.1) is 6.07 Å². The first-order chi connectivity index (χ1) is 9.21. The van der Waals surface area contributed by atoms with E-state index in [0.717, 1.165) is 43.7 Å². The average molecular weight is 259 g/mol. The monoisotopic (exact) mass is 259 g/mol. The maximum absolute atomic E-state index is 9.70. The fourth-order valence-corrected chi connectivity index (χ4v) is 5.89. The highest BCUT2D eigenvalue weighted by atomic mass is 15.1. The zero-order valence-corrected chi connectivity index (χ0v) is 11.8. The topological polar surface area (TPSA) is 47.9 Å². The van der Waals surface area contributed by atoms with Crippen LogP contribution in [0.1, 0.15) is 51.4 Å². The highest BCUT2D eigenvalue weighted by Crippen LogP contribution is 2.56. The van der Waals surface area contributed by atoms with Crippen LogP contribution in [-0.2, 0) is 0 Å². The number of hydrogen-bond donors (Lipinski definition) is 2. The third-order valence-corrected chi connectivity index (χ3v) is 6.21. The summed E-state index contributed by atoms with van der Waals surface area (Å²) >= 11 is 0. The van der Waals surface area contributed by atoms with Crippen molar-refractivity contribution in [2.24, 2.45) is 17.8 Å². The molecule has 5 fully saturated rings. The maximum Gasteiger partial charge on any atom is 0.109 e. The van der Waals surface area contributed by atoms with Gasteiger partial charge in [-0.25, -0.2) is 0 Å². The van der Waals surface area contributed by atoms with E-state index < -0.39 is 0 Å². The zero-order valence-electron chi connectivity index (χ0n) is 11.8. The van der Waals surface area contributed by atoms with E-state index in [1.54, 1.807) is 0 Å². The minimum absolute atomic E-state index is 0.239. The number of piperidine rings is 1. The lowest BCUT2D eigenvalue weighted by molar-refractivity contribution is -0.0332. The van der Waals surface area contributed by atoms with Crippen LogP contribution in [0.4, 0.5) is 0 Å². The summed E-state index contributed by atoms with van der Waals surface area (Å²) in [5.74, 6) is 2.86. The largest absolute Gasteiger partial charge is 0.317 e. The van der Waals surface area contributed by atoms with Crippen molar-refractivity contribution < 1.29 is 0 Å². The Labute approximate surface area is 116 Å². The van der Waals surface area contributed by atoms with E-state index >= 15 is 0 Å². The summed E-state index contributed by atoms with van der Waals surface area (Å²) in [6, 6.07) is 2.64. The first-order valence-electron chi connectivity index (χ1n) is 8.12. The number of nitrogens with zero attached hydrogens (tertiary/aromatic N) is 1. The molecule has 3 heteroatoms. The summed E-state index contributed by atoms with van der Waals surface area (Å²) in [6.07, 6.45) is 10.4. The van der Waals surface area contributed by atoms with Crippen LogP contribution >= 0.6 is 0 Å². The Kier molecular flexibility index (Phi) is 2.69. The molecule has 0 aromatic heterocycles. The van der Waals surface area contributed by atoms with E-state index in [-0.39, 0.29) is 5.54 Å². The molecule has 4 saturated carbocycles. The van der Waals surface area contributed by atoms with Crippen molar-refractivity contribution in [2.45, 2.75) is 62.4 Å². The van der Waals surface area contributed by atoms with Gasteiger partial charge in [0, 0.05) is 5.54 Å². The highest BCUT2D eigenvalue weighted by Gasteiger charge is 2.53. The summed E-state index contributed by atoms with van der Waals surface area (Å²) in [5, 5.41) is 17.0. The van der Waals surface area contributed by atoms with Crippen LogP contribution in [0.2, 0.25) is 0 Å².